The van der Waals surface area contributed by atoms with E-state index in [1.54, 1.807) is 6.07 Å². The number of anilines is 2. The highest BCUT2D eigenvalue weighted by atomic mass is 16.5. The Kier molecular flexibility index (Phi) is 4.78. The van der Waals surface area contributed by atoms with E-state index >= 15 is 0 Å². The molecule has 1 aromatic rings. The van der Waals surface area contributed by atoms with Crippen molar-refractivity contribution in [1.82, 2.24) is 5.32 Å². The summed E-state index contributed by atoms with van der Waals surface area (Å²) in [6.07, 6.45) is 0. The number of fused-ring (bicyclic) bond motifs is 1. The molecular formula is C13H18N4O3. The molecule has 0 unspecified atom stereocenters. The standard InChI is InChI=1S/C13H18N4O3/c14-11(18)8-20-7-6-17-13(19)9-2-1-3-10-12(9)16-5-4-15-10/h1-3,15-16H,4-8H2,(H2,14,18)(H,17,19). The number of primary amides is 1. The Morgan fingerprint density at radius 1 is 1.30 bits per heavy atom. The maximum atomic E-state index is 12.1. The van der Waals surface area contributed by atoms with Gasteiger partial charge in [0.2, 0.25) is 5.91 Å². The summed E-state index contributed by atoms with van der Waals surface area (Å²) in [4.78, 5) is 22.6. The number of ether oxygens (including phenoxy) is 1. The molecule has 1 heterocycles. The normalized spacial score (nSPS) is 12.8. The van der Waals surface area contributed by atoms with E-state index in [4.69, 9.17) is 10.5 Å². The second-order valence-corrected chi connectivity index (χ2v) is 4.36. The van der Waals surface area contributed by atoms with E-state index in [0.717, 1.165) is 24.5 Å². The lowest BCUT2D eigenvalue weighted by Gasteiger charge is -2.22. The van der Waals surface area contributed by atoms with Gasteiger partial charge in [-0.25, -0.2) is 0 Å². The predicted molar refractivity (Wildman–Crippen MR) is 75.8 cm³/mol. The number of benzene rings is 1. The van der Waals surface area contributed by atoms with Crippen LogP contribution in [-0.2, 0) is 9.53 Å². The molecule has 7 nitrogen and oxygen atoms in total. The Bertz CT molecular complexity index is 504. The molecule has 0 bridgehead atoms. The first-order valence-electron chi connectivity index (χ1n) is 6.43. The zero-order valence-corrected chi connectivity index (χ0v) is 11.1. The van der Waals surface area contributed by atoms with E-state index in [1.165, 1.54) is 0 Å². The summed E-state index contributed by atoms with van der Waals surface area (Å²) in [5, 5.41) is 9.18. The minimum Gasteiger partial charge on any atom is -0.382 e. The highest BCUT2D eigenvalue weighted by Crippen LogP contribution is 2.27. The van der Waals surface area contributed by atoms with Crippen molar-refractivity contribution in [3.8, 4) is 0 Å². The summed E-state index contributed by atoms with van der Waals surface area (Å²) in [7, 11) is 0. The van der Waals surface area contributed by atoms with Crippen LogP contribution in [0.4, 0.5) is 11.4 Å². The molecule has 7 heteroatoms. The number of para-hydroxylation sites is 1. The number of hydrogen-bond donors (Lipinski definition) is 4. The van der Waals surface area contributed by atoms with Crippen LogP contribution in [0.15, 0.2) is 18.2 Å². The summed E-state index contributed by atoms with van der Waals surface area (Å²) in [6.45, 7) is 2.04. The van der Waals surface area contributed by atoms with E-state index in [-0.39, 0.29) is 19.1 Å². The van der Waals surface area contributed by atoms with Gasteiger partial charge >= 0.3 is 0 Å². The Labute approximate surface area is 116 Å². The van der Waals surface area contributed by atoms with Gasteiger partial charge in [0.1, 0.15) is 6.61 Å². The van der Waals surface area contributed by atoms with Crippen LogP contribution in [0.5, 0.6) is 0 Å². The first-order valence-corrected chi connectivity index (χ1v) is 6.43. The van der Waals surface area contributed by atoms with Crippen LogP contribution in [0.25, 0.3) is 0 Å². The van der Waals surface area contributed by atoms with Crippen LogP contribution in [0.1, 0.15) is 10.4 Å². The SMILES string of the molecule is NC(=O)COCCNC(=O)c1cccc2c1NCCN2. The minimum absolute atomic E-state index is 0.137. The number of amides is 2. The van der Waals surface area contributed by atoms with Crippen molar-refractivity contribution >= 4 is 23.2 Å². The molecule has 20 heavy (non-hydrogen) atoms. The zero-order chi connectivity index (χ0) is 14.4. The molecule has 0 saturated carbocycles. The number of rotatable bonds is 6. The van der Waals surface area contributed by atoms with Gasteiger partial charge < -0.3 is 26.4 Å². The van der Waals surface area contributed by atoms with Crippen molar-refractivity contribution < 1.29 is 14.3 Å². The molecule has 2 rings (SSSR count). The molecular weight excluding hydrogens is 260 g/mol. The lowest BCUT2D eigenvalue weighted by atomic mass is 10.1. The molecule has 2 amide bonds. The van der Waals surface area contributed by atoms with Gasteiger partial charge in [-0.3, -0.25) is 9.59 Å². The topological polar surface area (TPSA) is 105 Å². The number of carbonyl (C=O) groups excluding carboxylic acids is 2. The molecule has 5 N–H and O–H groups in total. The Balaban J connectivity index is 1.88. The van der Waals surface area contributed by atoms with Crippen molar-refractivity contribution in [3.05, 3.63) is 23.8 Å². The molecule has 0 fully saturated rings. The fourth-order valence-corrected chi connectivity index (χ4v) is 1.97. The van der Waals surface area contributed by atoms with Crippen LogP contribution in [0, 0.1) is 0 Å². The zero-order valence-electron chi connectivity index (χ0n) is 11.1. The number of hydrogen-bond acceptors (Lipinski definition) is 5. The van der Waals surface area contributed by atoms with Crippen LogP contribution >= 0.6 is 0 Å². The molecule has 0 spiro atoms. The largest absolute Gasteiger partial charge is 0.382 e. The number of carbonyl (C=O) groups is 2. The summed E-state index contributed by atoms with van der Waals surface area (Å²) < 4.78 is 4.98. The Morgan fingerprint density at radius 2 is 2.10 bits per heavy atom. The van der Waals surface area contributed by atoms with Crippen molar-refractivity contribution in [3.63, 3.8) is 0 Å². The van der Waals surface area contributed by atoms with E-state index in [9.17, 15) is 9.59 Å². The lowest BCUT2D eigenvalue weighted by Crippen LogP contribution is -2.30. The van der Waals surface area contributed by atoms with Gasteiger partial charge in [0.15, 0.2) is 0 Å². The monoisotopic (exact) mass is 278 g/mol. The van der Waals surface area contributed by atoms with E-state index in [1.807, 2.05) is 12.1 Å². The minimum atomic E-state index is -0.524. The molecule has 0 atom stereocenters. The maximum absolute atomic E-state index is 12.1. The van der Waals surface area contributed by atoms with Crippen molar-refractivity contribution in [1.29, 1.82) is 0 Å². The first-order chi connectivity index (χ1) is 9.68. The average Bonchev–Trinajstić information content (AvgIpc) is 2.45. The Morgan fingerprint density at radius 3 is 2.90 bits per heavy atom. The smallest absolute Gasteiger partial charge is 0.253 e. The third kappa shape index (κ3) is 3.61. The van der Waals surface area contributed by atoms with Gasteiger partial charge in [-0.1, -0.05) is 6.07 Å². The summed E-state index contributed by atoms with van der Waals surface area (Å²) in [5.41, 5.74) is 7.26. The van der Waals surface area contributed by atoms with Crippen LogP contribution < -0.4 is 21.7 Å². The summed E-state index contributed by atoms with van der Waals surface area (Å²) in [5.74, 6) is -0.704. The van der Waals surface area contributed by atoms with Crippen LogP contribution in [0.3, 0.4) is 0 Å². The van der Waals surface area contributed by atoms with Gasteiger partial charge in [0, 0.05) is 19.6 Å². The second kappa shape index (κ2) is 6.76. The van der Waals surface area contributed by atoms with E-state index in [0.29, 0.717) is 12.1 Å². The van der Waals surface area contributed by atoms with Crippen LogP contribution in [-0.4, -0.2) is 44.7 Å². The number of nitrogens with two attached hydrogens (primary N) is 1. The molecule has 0 radical (unpaired) electrons. The lowest BCUT2D eigenvalue weighted by molar-refractivity contribution is -0.122. The molecule has 108 valence electrons. The molecule has 0 aliphatic carbocycles. The maximum Gasteiger partial charge on any atom is 0.253 e. The van der Waals surface area contributed by atoms with Gasteiger partial charge in [-0.05, 0) is 12.1 Å². The average molecular weight is 278 g/mol. The molecule has 1 aliphatic heterocycles. The Hall–Kier alpha value is -2.28. The molecule has 0 saturated heterocycles. The van der Waals surface area contributed by atoms with Crippen molar-refractivity contribution in [2.24, 2.45) is 5.73 Å². The van der Waals surface area contributed by atoms with Crippen molar-refractivity contribution in [2.45, 2.75) is 0 Å². The highest BCUT2D eigenvalue weighted by molar-refractivity contribution is 6.02. The fourth-order valence-electron chi connectivity index (χ4n) is 1.97. The third-order valence-electron chi connectivity index (χ3n) is 2.83. The van der Waals surface area contributed by atoms with E-state index in [2.05, 4.69) is 16.0 Å². The molecule has 0 aromatic heterocycles. The molecule has 1 aromatic carbocycles. The summed E-state index contributed by atoms with van der Waals surface area (Å²) in [6, 6.07) is 5.52. The first kappa shape index (κ1) is 14.1. The predicted octanol–water partition coefficient (Wildman–Crippen LogP) is -0.244. The van der Waals surface area contributed by atoms with Gasteiger partial charge in [-0.15, -0.1) is 0 Å². The summed E-state index contributed by atoms with van der Waals surface area (Å²) >= 11 is 0. The fraction of sp³-hybridized carbons (Fsp3) is 0.385. The quantitative estimate of drug-likeness (QED) is 0.537. The third-order valence-corrected chi connectivity index (χ3v) is 2.83. The van der Waals surface area contributed by atoms with Gasteiger partial charge in [0.05, 0.1) is 23.5 Å². The molecule has 1 aliphatic rings. The number of nitrogens with one attached hydrogen (secondary N) is 3. The second-order valence-electron chi connectivity index (χ2n) is 4.36. The van der Waals surface area contributed by atoms with Crippen molar-refractivity contribution in [2.75, 3.05) is 43.5 Å². The van der Waals surface area contributed by atoms with Gasteiger partial charge in [-0.2, -0.15) is 0 Å². The van der Waals surface area contributed by atoms with Gasteiger partial charge in [0.25, 0.3) is 5.91 Å². The highest BCUT2D eigenvalue weighted by Gasteiger charge is 2.16. The van der Waals surface area contributed by atoms with Crippen LogP contribution in [0.2, 0.25) is 0 Å². The van der Waals surface area contributed by atoms with E-state index < -0.39 is 5.91 Å².